The number of hydrogen-bond donors (Lipinski definition) is 4. The number of hydrogen-bond acceptors (Lipinski definition) is 6. The zero-order valence-electron chi connectivity index (χ0n) is 19.2. The monoisotopic (exact) mass is 493 g/mol. The molecular weight excluding hydrogens is 471 g/mol. The van der Waals surface area contributed by atoms with Gasteiger partial charge in [-0.25, -0.2) is 0 Å². The summed E-state index contributed by atoms with van der Waals surface area (Å²) < 4.78 is 40.9. The van der Waals surface area contributed by atoms with Crippen molar-refractivity contribution < 1.29 is 18.0 Å². The Bertz CT molecular complexity index is 1440. The zero-order chi connectivity index (χ0) is 25.5. The molecule has 0 spiro atoms. The van der Waals surface area contributed by atoms with Crippen LogP contribution in [-0.2, 0) is 12.7 Å². The van der Waals surface area contributed by atoms with Gasteiger partial charge in [-0.3, -0.25) is 19.9 Å². The lowest BCUT2D eigenvalue weighted by molar-refractivity contribution is -0.138. The van der Waals surface area contributed by atoms with E-state index >= 15 is 0 Å². The number of rotatable bonds is 7. The van der Waals surface area contributed by atoms with Crippen LogP contribution in [0.15, 0.2) is 55.1 Å². The molecule has 0 aliphatic heterocycles. The Labute approximate surface area is 204 Å². The van der Waals surface area contributed by atoms with Gasteiger partial charge in [0.2, 0.25) is 0 Å². The van der Waals surface area contributed by atoms with Gasteiger partial charge >= 0.3 is 6.18 Å². The topological polar surface area (TPSA) is 108 Å². The van der Waals surface area contributed by atoms with E-state index in [9.17, 15) is 18.0 Å². The summed E-state index contributed by atoms with van der Waals surface area (Å²) in [6.45, 7) is 1.20. The van der Waals surface area contributed by atoms with E-state index in [0.29, 0.717) is 24.3 Å². The number of aromatic amines is 1. The van der Waals surface area contributed by atoms with E-state index in [-0.39, 0.29) is 23.4 Å². The van der Waals surface area contributed by atoms with Crippen LogP contribution in [0, 0.1) is 11.8 Å². The minimum atomic E-state index is -4.57. The van der Waals surface area contributed by atoms with Crippen LogP contribution >= 0.6 is 0 Å². The molecule has 3 aromatic heterocycles. The fourth-order valence-corrected chi connectivity index (χ4v) is 3.43. The van der Waals surface area contributed by atoms with Crippen molar-refractivity contribution >= 4 is 22.5 Å². The number of H-pyrrole nitrogens is 1. The van der Waals surface area contributed by atoms with Crippen LogP contribution in [0.4, 0.5) is 18.9 Å². The molecule has 4 N–H and O–H groups in total. The largest absolute Gasteiger partial charge is 0.416 e. The number of halogens is 3. The smallest absolute Gasteiger partial charge is 0.322 e. The standard InChI is InChI=1S/C25H22F3N7O/c1-29-8-9-31-13-17-3-4-19(11-21(17)25(26,27)28)33-24(36)18-10-16(12-32-14-18)2-5-22-20-15-30-7-6-23(20)35-34-22/h3-4,6-7,10-12,14-15,29,31H,8-9,13H2,1H3,(H,33,36)(H,34,35). The highest BCUT2D eigenvalue weighted by atomic mass is 19.4. The molecule has 0 saturated heterocycles. The molecule has 0 atom stereocenters. The third-order valence-corrected chi connectivity index (χ3v) is 5.23. The maximum absolute atomic E-state index is 13.6. The summed E-state index contributed by atoms with van der Waals surface area (Å²) in [5, 5.41) is 16.2. The van der Waals surface area contributed by atoms with Crippen LogP contribution in [0.5, 0.6) is 0 Å². The molecule has 0 fully saturated rings. The Hall–Kier alpha value is -4.27. The van der Waals surface area contributed by atoms with E-state index in [0.717, 1.165) is 17.0 Å². The second-order valence-electron chi connectivity index (χ2n) is 7.81. The molecule has 0 aliphatic rings. The Morgan fingerprint density at radius 2 is 1.92 bits per heavy atom. The molecule has 0 unspecified atom stereocenters. The molecule has 4 aromatic rings. The second-order valence-corrected chi connectivity index (χ2v) is 7.81. The quantitative estimate of drug-likeness (QED) is 0.232. The van der Waals surface area contributed by atoms with Crippen molar-refractivity contribution in [2.24, 2.45) is 0 Å². The molecule has 184 valence electrons. The van der Waals surface area contributed by atoms with Crippen LogP contribution < -0.4 is 16.0 Å². The highest BCUT2D eigenvalue weighted by molar-refractivity contribution is 6.04. The van der Waals surface area contributed by atoms with E-state index < -0.39 is 17.6 Å². The van der Waals surface area contributed by atoms with Gasteiger partial charge in [0.15, 0.2) is 0 Å². The number of alkyl halides is 3. The van der Waals surface area contributed by atoms with Crippen molar-refractivity contribution in [2.45, 2.75) is 12.7 Å². The van der Waals surface area contributed by atoms with Gasteiger partial charge in [0.05, 0.1) is 22.0 Å². The summed E-state index contributed by atoms with van der Waals surface area (Å²) in [6, 6.07) is 7.01. The lowest BCUT2D eigenvalue weighted by Crippen LogP contribution is -2.25. The summed E-state index contributed by atoms with van der Waals surface area (Å²) in [6.07, 6.45) is 1.51. The molecule has 8 nitrogen and oxygen atoms in total. The number of aromatic nitrogens is 4. The first-order valence-electron chi connectivity index (χ1n) is 11.0. The van der Waals surface area contributed by atoms with Crippen molar-refractivity contribution in [3.05, 3.63) is 83.1 Å². The number of likely N-dealkylation sites (N-methyl/N-ethyl adjacent to an activating group) is 1. The normalized spacial score (nSPS) is 11.2. The molecule has 11 heteroatoms. The lowest BCUT2D eigenvalue weighted by atomic mass is 10.1. The van der Waals surface area contributed by atoms with Gasteiger partial charge in [0.1, 0.15) is 5.69 Å². The zero-order valence-corrected chi connectivity index (χ0v) is 19.2. The Morgan fingerprint density at radius 3 is 2.72 bits per heavy atom. The minimum Gasteiger partial charge on any atom is -0.322 e. The van der Waals surface area contributed by atoms with Crippen molar-refractivity contribution in [1.29, 1.82) is 0 Å². The summed E-state index contributed by atoms with van der Waals surface area (Å²) in [4.78, 5) is 20.8. The summed E-state index contributed by atoms with van der Waals surface area (Å²) >= 11 is 0. The highest BCUT2D eigenvalue weighted by Gasteiger charge is 2.33. The van der Waals surface area contributed by atoms with Crippen molar-refractivity contribution in [3.63, 3.8) is 0 Å². The number of pyridine rings is 2. The average Bonchev–Trinajstić information content (AvgIpc) is 3.29. The number of nitrogens with zero attached hydrogens (tertiary/aromatic N) is 3. The van der Waals surface area contributed by atoms with E-state index in [4.69, 9.17) is 0 Å². The molecule has 36 heavy (non-hydrogen) atoms. The molecule has 0 radical (unpaired) electrons. The third-order valence-electron chi connectivity index (χ3n) is 5.23. The van der Waals surface area contributed by atoms with Crippen LogP contribution in [0.1, 0.15) is 32.7 Å². The molecule has 0 saturated carbocycles. The first-order valence-corrected chi connectivity index (χ1v) is 11.0. The van der Waals surface area contributed by atoms with Crippen LogP contribution in [-0.4, -0.2) is 46.2 Å². The molecule has 1 aromatic carbocycles. The number of anilines is 1. The number of carbonyl (C=O) groups excluding carboxylic acids is 1. The molecule has 4 rings (SSSR count). The summed E-state index contributed by atoms with van der Waals surface area (Å²) in [7, 11) is 1.76. The minimum absolute atomic E-state index is 0.0262. The van der Waals surface area contributed by atoms with Crippen molar-refractivity contribution in [2.75, 3.05) is 25.5 Å². The van der Waals surface area contributed by atoms with Crippen molar-refractivity contribution in [3.8, 4) is 11.8 Å². The number of fused-ring (bicyclic) bond motifs is 1. The maximum Gasteiger partial charge on any atom is 0.416 e. The van der Waals surface area contributed by atoms with Gasteiger partial charge in [-0.2, -0.15) is 18.3 Å². The maximum atomic E-state index is 13.6. The Kier molecular flexibility index (Phi) is 7.58. The van der Waals surface area contributed by atoms with Crippen LogP contribution in [0.2, 0.25) is 0 Å². The fourth-order valence-electron chi connectivity index (χ4n) is 3.43. The fraction of sp³-hybridized carbons (Fsp3) is 0.200. The van der Waals surface area contributed by atoms with Crippen LogP contribution in [0.25, 0.3) is 10.9 Å². The SMILES string of the molecule is CNCCNCc1ccc(NC(=O)c2cncc(C#Cc3n[nH]c4ccncc34)c2)cc1C(F)(F)F. The van der Waals surface area contributed by atoms with E-state index in [1.807, 2.05) is 0 Å². The van der Waals surface area contributed by atoms with E-state index in [1.165, 1.54) is 30.6 Å². The van der Waals surface area contributed by atoms with Crippen molar-refractivity contribution in [1.82, 2.24) is 30.8 Å². The number of amides is 1. The third kappa shape index (κ3) is 6.04. The van der Waals surface area contributed by atoms with E-state index in [2.05, 4.69) is 48.0 Å². The lowest BCUT2D eigenvalue weighted by Gasteiger charge is -2.16. The van der Waals surface area contributed by atoms with Gasteiger partial charge in [-0.15, -0.1) is 0 Å². The van der Waals surface area contributed by atoms with Gasteiger partial charge in [0, 0.05) is 55.7 Å². The van der Waals surface area contributed by atoms with Crippen LogP contribution in [0.3, 0.4) is 0 Å². The average molecular weight is 493 g/mol. The molecule has 0 bridgehead atoms. The molecule has 1 amide bonds. The van der Waals surface area contributed by atoms with Gasteiger partial charge < -0.3 is 16.0 Å². The molecule has 0 aliphatic carbocycles. The van der Waals surface area contributed by atoms with Gasteiger partial charge in [-0.05, 0) is 42.8 Å². The second kappa shape index (κ2) is 11.0. The summed E-state index contributed by atoms with van der Waals surface area (Å²) in [5.41, 5.74) is 1.20. The first-order chi connectivity index (χ1) is 17.3. The summed E-state index contributed by atoms with van der Waals surface area (Å²) in [5.74, 6) is 5.21. The molecular formula is C25H22F3N7O. The number of nitrogens with one attached hydrogen (secondary N) is 4. The number of carbonyl (C=O) groups is 1. The first kappa shape index (κ1) is 24.8. The van der Waals surface area contributed by atoms with Gasteiger partial charge in [0.25, 0.3) is 5.91 Å². The molecule has 3 heterocycles. The van der Waals surface area contributed by atoms with E-state index in [1.54, 1.807) is 25.5 Å². The Morgan fingerprint density at radius 1 is 1.06 bits per heavy atom. The number of benzene rings is 1. The predicted molar refractivity (Wildman–Crippen MR) is 129 cm³/mol. The van der Waals surface area contributed by atoms with Gasteiger partial charge in [-0.1, -0.05) is 12.0 Å². The highest BCUT2D eigenvalue weighted by Crippen LogP contribution is 2.34. The Balaban J connectivity index is 1.50. The predicted octanol–water partition coefficient (Wildman–Crippen LogP) is 3.33.